The molecule has 2 aliphatic carbocycles. The lowest BCUT2D eigenvalue weighted by molar-refractivity contribution is -0.146. The van der Waals surface area contributed by atoms with Crippen LogP contribution in [0.1, 0.15) is 53.0 Å². The number of halogens is 1. The van der Waals surface area contributed by atoms with Crippen LogP contribution in [0.15, 0.2) is 30.0 Å². The number of hydrogen-bond donors (Lipinski definition) is 1. The summed E-state index contributed by atoms with van der Waals surface area (Å²) in [6, 6.07) is 4.41. The summed E-state index contributed by atoms with van der Waals surface area (Å²) in [4.78, 5) is 38.0. The van der Waals surface area contributed by atoms with Gasteiger partial charge in [0.15, 0.2) is 5.78 Å². The first-order valence-electron chi connectivity index (χ1n) is 11.2. The Morgan fingerprint density at radius 1 is 1.18 bits per heavy atom. The van der Waals surface area contributed by atoms with Crippen LogP contribution < -0.4 is 5.32 Å². The van der Waals surface area contributed by atoms with Gasteiger partial charge in [-0.3, -0.25) is 4.79 Å². The topological polar surface area (TPSA) is 90.9 Å². The van der Waals surface area contributed by atoms with Crippen molar-refractivity contribution in [2.45, 2.75) is 58.5 Å². The standard InChI is InChI=1S/C25H32FNO6/c1-7-32-20(28)14-18(21(29)33-8-2)27-17-13-15(9-10-16(17)26)25-19(23(25,3)4)11-12-24(5,31-6)22(25)30/h9-10,13-14,19,27H,7-8,11-12H2,1-6H3. The van der Waals surface area contributed by atoms with Crippen LogP contribution in [0.3, 0.4) is 0 Å². The minimum absolute atomic E-state index is 0.0241. The Labute approximate surface area is 193 Å². The van der Waals surface area contributed by atoms with Crippen LogP contribution in [0.2, 0.25) is 0 Å². The maximum Gasteiger partial charge on any atom is 0.355 e. The van der Waals surface area contributed by atoms with Gasteiger partial charge in [-0.25, -0.2) is 14.0 Å². The Bertz CT molecular complexity index is 1000. The van der Waals surface area contributed by atoms with Gasteiger partial charge < -0.3 is 19.5 Å². The van der Waals surface area contributed by atoms with Crippen LogP contribution in [0, 0.1) is 17.2 Å². The van der Waals surface area contributed by atoms with Gasteiger partial charge in [0.2, 0.25) is 0 Å². The fourth-order valence-electron chi connectivity index (χ4n) is 5.42. The highest BCUT2D eigenvalue weighted by molar-refractivity contribution is 6.03. The normalized spacial score (nSPS) is 28.0. The molecule has 0 radical (unpaired) electrons. The molecule has 180 valence electrons. The molecule has 0 amide bonds. The fraction of sp³-hybridized carbons (Fsp3) is 0.560. The van der Waals surface area contributed by atoms with Crippen molar-refractivity contribution in [1.29, 1.82) is 0 Å². The van der Waals surface area contributed by atoms with Gasteiger partial charge in [0.25, 0.3) is 0 Å². The Hall–Kier alpha value is -2.74. The summed E-state index contributed by atoms with van der Waals surface area (Å²) in [6.07, 6.45) is 2.36. The van der Waals surface area contributed by atoms with Crippen molar-refractivity contribution < 1.29 is 33.0 Å². The van der Waals surface area contributed by atoms with E-state index < -0.39 is 28.8 Å². The molecule has 0 spiro atoms. The van der Waals surface area contributed by atoms with Gasteiger partial charge in [-0.05, 0) is 62.6 Å². The zero-order valence-electron chi connectivity index (χ0n) is 20.0. The predicted octanol–water partition coefficient (Wildman–Crippen LogP) is 3.91. The van der Waals surface area contributed by atoms with E-state index in [-0.39, 0.29) is 41.7 Å². The largest absolute Gasteiger partial charge is 0.463 e. The fourth-order valence-corrected chi connectivity index (χ4v) is 5.42. The Morgan fingerprint density at radius 2 is 1.85 bits per heavy atom. The molecule has 7 nitrogen and oxygen atoms in total. The highest BCUT2D eigenvalue weighted by Crippen LogP contribution is 2.75. The second-order valence-corrected chi connectivity index (χ2v) is 9.24. The number of rotatable bonds is 8. The number of nitrogens with one attached hydrogen (secondary N) is 1. The van der Waals surface area contributed by atoms with Crippen molar-refractivity contribution in [3.8, 4) is 0 Å². The third-order valence-corrected chi connectivity index (χ3v) is 7.26. The number of Topliss-reactive ketones (excluding diaryl/α,β-unsaturated/α-hetero) is 1. The maximum absolute atomic E-state index is 14.8. The van der Waals surface area contributed by atoms with Crippen LogP contribution >= 0.6 is 0 Å². The quantitative estimate of drug-likeness (QED) is 0.464. The second kappa shape index (κ2) is 8.89. The molecule has 0 aliphatic heterocycles. The molecular formula is C25H32FNO6. The van der Waals surface area contributed by atoms with Crippen LogP contribution in [0.25, 0.3) is 0 Å². The molecule has 33 heavy (non-hydrogen) atoms. The third kappa shape index (κ3) is 3.94. The van der Waals surface area contributed by atoms with Crippen LogP contribution in [-0.2, 0) is 34.0 Å². The van der Waals surface area contributed by atoms with E-state index in [4.69, 9.17) is 14.2 Å². The molecule has 3 atom stereocenters. The molecule has 3 unspecified atom stereocenters. The van der Waals surface area contributed by atoms with Crippen molar-refractivity contribution in [2.75, 3.05) is 25.6 Å². The van der Waals surface area contributed by atoms with E-state index in [0.717, 1.165) is 12.5 Å². The van der Waals surface area contributed by atoms with E-state index >= 15 is 0 Å². The summed E-state index contributed by atoms with van der Waals surface area (Å²) < 4.78 is 30.3. The summed E-state index contributed by atoms with van der Waals surface area (Å²) in [7, 11) is 1.53. The average molecular weight is 462 g/mol. The van der Waals surface area contributed by atoms with E-state index in [9.17, 15) is 18.8 Å². The lowest BCUT2D eigenvalue weighted by atomic mass is 9.72. The van der Waals surface area contributed by atoms with Gasteiger partial charge in [-0.2, -0.15) is 0 Å². The minimum atomic E-state index is -0.924. The van der Waals surface area contributed by atoms with Crippen molar-refractivity contribution >= 4 is 23.4 Å². The first-order valence-corrected chi connectivity index (χ1v) is 11.2. The van der Waals surface area contributed by atoms with E-state index in [1.54, 1.807) is 26.8 Å². The van der Waals surface area contributed by atoms with Crippen LogP contribution in [0.4, 0.5) is 10.1 Å². The Kier molecular flexibility index (Phi) is 6.71. The van der Waals surface area contributed by atoms with Gasteiger partial charge in [-0.1, -0.05) is 19.9 Å². The van der Waals surface area contributed by atoms with E-state index in [1.807, 2.05) is 13.8 Å². The monoisotopic (exact) mass is 461 g/mol. The summed E-state index contributed by atoms with van der Waals surface area (Å²) in [5.41, 5.74) is -1.73. The molecule has 3 rings (SSSR count). The zero-order valence-corrected chi connectivity index (χ0v) is 20.0. The molecule has 0 bridgehead atoms. The van der Waals surface area contributed by atoms with Crippen LogP contribution in [0.5, 0.6) is 0 Å². The number of hydrogen-bond acceptors (Lipinski definition) is 7. The molecule has 2 aliphatic rings. The first-order chi connectivity index (χ1) is 15.5. The summed E-state index contributed by atoms with van der Waals surface area (Å²) in [5, 5.41) is 2.68. The number of ketones is 1. The van der Waals surface area contributed by atoms with Gasteiger partial charge in [0, 0.05) is 7.11 Å². The molecule has 0 saturated heterocycles. The van der Waals surface area contributed by atoms with Crippen molar-refractivity contribution in [1.82, 2.24) is 0 Å². The molecule has 0 heterocycles. The van der Waals surface area contributed by atoms with Gasteiger partial charge >= 0.3 is 11.9 Å². The molecule has 8 heteroatoms. The minimum Gasteiger partial charge on any atom is -0.463 e. The first kappa shape index (κ1) is 24.9. The highest BCUT2D eigenvalue weighted by atomic mass is 19.1. The molecule has 1 aromatic carbocycles. The average Bonchev–Trinajstić information content (AvgIpc) is 3.28. The van der Waals surface area contributed by atoms with Crippen molar-refractivity contribution in [3.05, 3.63) is 41.4 Å². The maximum atomic E-state index is 14.8. The van der Waals surface area contributed by atoms with E-state index in [0.29, 0.717) is 12.0 Å². The lowest BCUT2D eigenvalue weighted by Gasteiger charge is -2.36. The number of carbonyl (C=O) groups is 3. The number of carbonyl (C=O) groups excluding carboxylic acids is 3. The third-order valence-electron chi connectivity index (χ3n) is 7.26. The smallest absolute Gasteiger partial charge is 0.355 e. The van der Waals surface area contributed by atoms with E-state index in [2.05, 4.69) is 5.32 Å². The van der Waals surface area contributed by atoms with E-state index in [1.165, 1.54) is 19.2 Å². The molecule has 2 fully saturated rings. The Balaban J connectivity index is 2.04. The predicted molar refractivity (Wildman–Crippen MR) is 120 cm³/mol. The SMILES string of the molecule is CCOC(=O)C=C(Nc1cc(C23C(=O)C(C)(OC)CCC2C3(C)C)ccc1F)C(=O)OCC. The summed E-state index contributed by atoms with van der Waals surface area (Å²) in [5.74, 6) is -2.15. The zero-order chi connectivity index (χ0) is 24.6. The molecule has 0 aromatic heterocycles. The van der Waals surface area contributed by atoms with Gasteiger partial charge in [0.05, 0.1) is 30.4 Å². The number of benzene rings is 1. The molecular weight excluding hydrogens is 429 g/mol. The number of methoxy groups -OCH3 is 1. The second-order valence-electron chi connectivity index (χ2n) is 9.24. The number of esters is 2. The Morgan fingerprint density at radius 3 is 2.45 bits per heavy atom. The molecule has 1 N–H and O–H groups in total. The number of ether oxygens (including phenoxy) is 3. The number of anilines is 1. The summed E-state index contributed by atoms with van der Waals surface area (Å²) >= 11 is 0. The van der Waals surface area contributed by atoms with Crippen molar-refractivity contribution in [3.63, 3.8) is 0 Å². The van der Waals surface area contributed by atoms with Gasteiger partial charge in [0.1, 0.15) is 17.1 Å². The highest BCUT2D eigenvalue weighted by Gasteiger charge is 2.79. The summed E-state index contributed by atoms with van der Waals surface area (Å²) in [6.45, 7) is 9.33. The van der Waals surface area contributed by atoms with Crippen LogP contribution in [-0.4, -0.2) is 43.6 Å². The van der Waals surface area contributed by atoms with Crippen molar-refractivity contribution in [2.24, 2.45) is 11.3 Å². The lowest BCUT2D eigenvalue weighted by Crippen LogP contribution is -2.49. The number of fused-ring (bicyclic) bond motifs is 1. The molecule has 2 saturated carbocycles. The van der Waals surface area contributed by atoms with Gasteiger partial charge in [-0.15, -0.1) is 0 Å². The molecule has 1 aromatic rings.